The van der Waals surface area contributed by atoms with Crippen LogP contribution < -0.4 is 5.32 Å². The Labute approximate surface area is 168 Å². The molecule has 0 aliphatic heterocycles. The van der Waals surface area contributed by atoms with E-state index in [9.17, 15) is 9.59 Å². The highest BCUT2D eigenvalue weighted by molar-refractivity contribution is 6.04. The quantitative estimate of drug-likeness (QED) is 0.510. The molecule has 0 aliphatic rings. The van der Waals surface area contributed by atoms with Crippen molar-refractivity contribution in [3.05, 3.63) is 108 Å². The van der Waals surface area contributed by atoms with Crippen LogP contribution in [0, 0.1) is 0 Å². The van der Waals surface area contributed by atoms with Crippen molar-refractivity contribution in [2.24, 2.45) is 0 Å². The van der Waals surface area contributed by atoms with Crippen molar-refractivity contribution in [1.82, 2.24) is 15.1 Å². The number of carbonyl (C=O) groups excluding carboxylic acids is 2. The first-order valence-electron chi connectivity index (χ1n) is 9.29. The first-order valence-corrected chi connectivity index (χ1v) is 9.29. The Hall–Kier alpha value is -3.99. The molecule has 1 heterocycles. The van der Waals surface area contributed by atoms with Crippen LogP contribution in [0.1, 0.15) is 20.7 Å². The molecule has 0 aliphatic carbocycles. The Balaban J connectivity index is 1.62. The summed E-state index contributed by atoms with van der Waals surface area (Å²) in [6.07, 6.45) is 1.69. The molecule has 5 heteroatoms. The maximum absolute atomic E-state index is 12.9. The third-order valence-corrected chi connectivity index (χ3v) is 4.53. The fourth-order valence-electron chi connectivity index (χ4n) is 3.04. The summed E-state index contributed by atoms with van der Waals surface area (Å²) in [5.41, 5.74) is 3.24. The molecule has 1 N–H and O–H groups in total. The SMILES string of the molecule is O=C(CNC(=O)c1cn(-c2ccccc2)nc1-c1ccccc1)c1ccccc1. The van der Waals surface area contributed by atoms with Crippen LogP contribution in [-0.4, -0.2) is 28.0 Å². The van der Waals surface area contributed by atoms with Crippen LogP contribution in [0.2, 0.25) is 0 Å². The van der Waals surface area contributed by atoms with Crippen LogP contribution in [0.25, 0.3) is 16.9 Å². The van der Waals surface area contributed by atoms with Crippen molar-refractivity contribution >= 4 is 11.7 Å². The smallest absolute Gasteiger partial charge is 0.255 e. The van der Waals surface area contributed by atoms with E-state index in [0.717, 1.165) is 11.3 Å². The number of hydrogen-bond acceptors (Lipinski definition) is 3. The van der Waals surface area contributed by atoms with Crippen molar-refractivity contribution in [2.75, 3.05) is 6.54 Å². The fourth-order valence-corrected chi connectivity index (χ4v) is 3.04. The summed E-state index contributed by atoms with van der Waals surface area (Å²) < 4.78 is 1.68. The van der Waals surface area contributed by atoms with Gasteiger partial charge in [-0.05, 0) is 12.1 Å². The second kappa shape index (κ2) is 8.35. The molecule has 1 aromatic heterocycles. The summed E-state index contributed by atoms with van der Waals surface area (Å²) in [7, 11) is 0. The summed E-state index contributed by atoms with van der Waals surface area (Å²) in [6, 6.07) is 28.0. The summed E-state index contributed by atoms with van der Waals surface area (Å²) in [6.45, 7) is -0.0758. The van der Waals surface area contributed by atoms with Gasteiger partial charge in [0.25, 0.3) is 5.91 Å². The Kier molecular flexibility index (Phi) is 5.29. The number of amides is 1. The number of Topliss-reactive ketones (excluding diaryl/α,β-unsaturated/α-hetero) is 1. The van der Waals surface area contributed by atoms with Crippen LogP contribution in [0.3, 0.4) is 0 Å². The zero-order valence-corrected chi connectivity index (χ0v) is 15.7. The average Bonchev–Trinajstić information content (AvgIpc) is 3.25. The number of nitrogens with zero attached hydrogens (tertiary/aromatic N) is 2. The van der Waals surface area contributed by atoms with Gasteiger partial charge < -0.3 is 5.32 Å². The zero-order valence-electron chi connectivity index (χ0n) is 15.7. The van der Waals surface area contributed by atoms with E-state index in [4.69, 9.17) is 0 Å². The lowest BCUT2D eigenvalue weighted by Crippen LogP contribution is -2.29. The van der Waals surface area contributed by atoms with Gasteiger partial charge in [-0.25, -0.2) is 4.68 Å². The molecule has 0 atom stereocenters. The minimum atomic E-state index is -0.338. The lowest BCUT2D eigenvalue weighted by Gasteiger charge is -2.05. The van der Waals surface area contributed by atoms with E-state index in [-0.39, 0.29) is 18.2 Å². The predicted octanol–water partition coefficient (Wildman–Crippen LogP) is 4.15. The van der Waals surface area contributed by atoms with E-state index < -0.39 is 0 Å². The van der Waals surface area contributed by atoms with E-state index in [2.05, 4.69) is 10.4 Å². The number of ketones is 1. The van der Waals surface area contributed by atoms with Crippen molar-refractivity contribution in [2.45, 2.75) is 0 Å². The van der Waals surface area contributed by atoms with Gasteiger partial charge in [-0.3, -0.25) is 9.59 Å². The number of rotatable bonds is 6. The van der Waals surface area contributed by atoms with Crippen molar-refractivity contribution < 1.29 is 9.59 Å². The van der Waals surface area contributed by atoms with E-state index in [0.29, 0.717) is 16.8 Å². The van der Waals surface area contributed by atoms with Crippen molar-refractivity contribution in [3.63, 3.8) is 0 Å². The first-order chi connectivity index (χ1) is 14.2. The van der Waals surface area contributed by atoms with Gasteiger partial charge in [0.2, 0.25) is 0 Å². The number of nitrogens with one attached hydrogen (secondary N) is 1. The average molecular weight is 381 g/mol. The number of hydrogen-bond donors (Lipinski definition) is 1. The molecule has 0 bridgehead atoms. The zero-order chi connectivity index (χ0) is 20.1. The van der Waals surface area contributed by atoms with Crippen molar-refractivity contribution in [3.8, 4) is 16.9 Å². The van der Waals surface area contributed by atoms with Crippen LogP contribution >= 0.6 is 0 Å². The largest absolute Gasteiger partial charge is 0.344 e. The van der Waals surface area contributed by atoms with E-state index >= 15 is 0 Å². The second-order valence-corrected chi connectivity index (χ2v) is 6.51. The molecule has 0 saturated carbocycles. The molecule has 0 saturated heterocycles. The second-order valence-electron chi connectivity index (χ2n) is 6.51. The van der Waals surface area contributed by atoms with E-state index in [1.54, 1.807) is 35.1 Å². The molecule has 3 aromatic carbocycles. The predicted molar refractivity (Wildman–Crippen MR) is 112 cm³/mol. The molecule has 5 nitrogen and oxygen atoms in total. The van der Waals surface area contributed by atoms with Crippen LogP contribution in [0.5, 0.6) is 0 Å². The summed E-state index contributed by atoms with van der Waals surface area (Å²) >= 11 is 0. The van der Waals surface area contributed by atoms with Gasteiger partial charge in [0.05, 0.1) is 17.8 Å². The van der Waals surface area contributed by atoms with Crippen LogP contribution in [0.15, 0.2) is 97.2 Å². The summed E-state index contributed by atoms with van der Waals surface area (Å²) in [5, 5.41) is 7.36. The van der Waals surface area contributed by atoms with Gasteiger partial charge in [-0.1, -0.05) is 78.9 Å². The highest BCUT2D eigenvalue weighted by atomic mass is 16.2. The Bertz CT molecular complexity index is 1120. The molecular weight excluding hydrogens is 362 g/mol. The van der Waals surface area contributed by atoms with Gasteiger partial charge in [0, 0.05) is 17.3 Å². The Morgan fingerprint density at radius 1 is 0.793 bits per heavy atom. The highest BCUT2D eigenvalue weighted by Crippen LogP contribution is 2.23. The third-order valence-electron chi connectivity index (χ3n) is 4.53. The Morgan fingerprint density at radius 2 is 1.38 bits per heavy atom. The molecule has 4 rings (SSSR count). The molecule has 142 valence electrons. The summed E-state index contributed by atoms with van der Waals surface area (Å²) in [5.74, 6) is -0.481. The number of carbonyl (C=O) groups is 2. The number of benzene rings is 3. The third kappa shape index (κ3) is 4.14. The lowest BCUT2D eigenvalue weighted by molar-refractivity contribution is 0.0904. The number of aromatic nitrogens is 2. The highest BCUT2D eigenvalue weighted by Gasteiger charge is 2.19. The van der Waals surface area contributed by atoms with Gasteiger partial charge in [0.15, 0.2) is 5.78 Å². The van der Waals surface area contributed by atoms with Gasteiger partial charge in [0.1, 0.15) is 5.69 Å². The molecular formula is C24H19N3O2. The van der Waals surface area contributed by atoms with Crippen LogP contribution in [0.4, 0.5) is 0 Å². The molecule has 1 amide bonds. The summed E-state index contributed by atoms with van der Waals surface area (Å²) in [4.78, 5) is 25.2. The minimum absolute atomic E-state index is 0.0758. The van der Waals surface area contributed by atoms with Crippen LogP contribution in [-0.2, 0) is 0 Å². The Morgan fingerprint density at radius 3 is 2.03 bits per heavy atom. The molecule has 0 fully saturated rings. The maximum Gasteiger partial charge on any atom is 0.255 e. The monoisotopic (exact) mass is 381 g/mol. The van der Waals surface area contributed by atoms with Gasteiger partial charge in [-0.2, -0.15) is 5.10 Å². The van der Waals surface area contributed by atoms with E-state index in [1.165, 1.54) is 0 Å². The maximum atomic E-state index is 12.9. The standard InChI is InChI=1S/C24H19N3O2/c28-22(18-10-4-1-5-11-18)16-25-24(29)21-17-27(20-14-8-3-9-15-20)26-23(21)19-12-6-2-7-13-19/h1-15,17H,16H2,(H,25,29). The first kappa shape index (κ1) is 18.4. The van der Waals surface area contributed by atoms with Gasteiger partial charge >= 0.3 is 0 Å². The number of para-hydroxylation sites is 1. The molecule has 0 radical (unpaired) electrons. The molecule has 0 unspecified atom stereocenters. The minimum Gasteiger partial charge on any atom is -0.344 e. The molecule has 29 heavy (non-hydrogen) atoms. The normalized spacial score (nSPS) is 10.5. The van der Waals surface area contributed by atoms with E-state index in [1.807, 2.05) is 66.7 Å². The fraction of sp³-hybridized carbons (Fsp3) is 0.0417. The molecule has 0 spiro atoms. The molecule has 4 aromatic rings. The lowest BCUT2D eigenvalue weighted by atomic mass is 10.1. The van der Waals surface area contributed by atoms with Crippen molar-refractivity contribution in [1.29, 1.82) is 0 Å². The topological polar surface area (TPSA) is 64.0 Å². The van der Waals surface area contributed by atoms with Gasteiger partial charge in [-0.15, -0.1) is 0 Å².